The number of benzene rings is 2. The van der Waals surface area contributed by atoms with Crippen molar-refractivity contribution in [1.29, 1.82) is 0 Å². The van der Waals surface area contributed by atoms with E-state index in [2.05, 4.69) is 15.9 Å². The Kier molecular flexibility index (Phi) is 3.96. The number of nitrogens with two attached hydrogens (primary N) is 1. The Labute approximate surface area is 117 Å². The lowest BCUT2D eigenvalue weighted by atomic mass is 9.95. The molecule has 19 heavy (non-hydrogen) atoms. The number of rotatable bonds is 2. The molecule has 0 heterocycles. The zero-order valence-corrected chi connectivity index (χ0v) is 11.6. The minimum Gasteiger partial charge on any atom is -0.320 e. The average Bonchev–Trinajstić information content (AvgIpc) is 2.36. The van der Waals surface area contributed by atoms with Crippen LogP contribution in [0.25, 0.3) is 0 Å². The van der Waals surface area contributed by atoms with Gasteiger partial charge in [0.1, 0.15) is 17.5 Å². The first-order chi connectivity index (χ1) is 8.90. The maximum atomic E-state index is 13.8. The normalized spacial score (nSPS) is 12.5. The van der Waals surface area contributed by atoms with Gasteiger partial charge in [0.25, 0.3) is 0 Å². The first-order valence-corrected chi connectivity index (χ1v) is 6.35. The van der Waals surface area contributed by atoms with Crippen LogP contribution in [0.5, 0.6) is 0 Å². The van der Waals surface area contributed by atoms with E-state index in [0.29, 0.717) is 5.56 Å². The highest BCUT2D eigenvalue weighted by Gasteiger charge is 2.18. The summed E-state index contributed by atoms with van der Waals surface area (Å²) in [5, 5.41) is 0. The molecule has 0 bridgehead atoms. The van der Waals surface area contributed by atoms with Gasteiger partial charge in [-0.1, -0.05) is 6.07 Å². The van der Waals surface area contributed by atoms with E-state index >= 15 is 0 Å². The van der Waals surface area contributed by atoms with Gasteiger partial charge in [0, 0.05) is 5.56 Å². The van der Waals surface area contributed by atoms with Crippen LogP contribution < -0.4 is 5.73 Å². The number of hydrogen-bond donors (Lipinski definition) is 1. The Morgan fingerprint density at radius 2 is 1.68 bits per heavy atom. The van der Waals surface area contributed by atoms with Crippen LogP contribution in [0.2, 0.25) is 0 Å². The topological polar surface area (TPSA) is 26.0 Å². The van der Waals surface area contributed by atoms with Gasteiger partial charge in [-0.2, -0.15) is 0 Å². The molecule has 0 aromatic heterocycles. The third kappa shape index (κ3) is 2.82. The fraction of sp³-hybridized carbons (Fsp3) is 0.143. The van der Waals surface area contributed by atoms with Gasteiger partial charge in [0.2, 0.25) is 0 Å². The molecule has 0 aliphatic carbocycles. The summed E-state index contributed by atoms with van der Waals surface area (Å²) in [6, 6.07) is 5.20. The quantitative estimate of drug-likeness (QED) is 0.820. The number of halogens is 4. The van der Waals surface area contributed by atoms with Gasteiger partial charge < -0.3 is 5.73 Å². The molecule has 0 aliphatic heterocycles. The fourth-order valence-electron chi connectivity index (χ4n) is 1.89. The average molecular weight is 330 g/mol. The highest BCUT2D eigenvalue weighted by atomic mass is 79.9. The van der Waals surface area contributed by atoms with E-state index in [4.69, 9.17) is 5.73 Å². The molecular formula is C14H11BrF3N. The summed E-state index contributed by atoms with van der Waals surface area (Å²) in [6.45, 7) is 1.74. The zero-order valence-electron chi connectivity index (χ0n) is 10.1. The Morgan fingerprint density at radius 3 is 2.37 bits per heavy atom. The SMILES string of the molecule is Cc1ccc(F)cc1C(N)c1cc(F)c(Br)cc1F. The second kappa shape index (κ2) is 5.35. The lowest BCUT2D eigenvalue weighted by Gasteiger charge is -2.16. The molecule has 2 rings (SSSR count). The summed E-state index contributed by atoms with van der Waals surface area (Å²) < 4.78 is 40.6. The Bertz CT molecular complexity index is 628. The minimum absolute atomic E-state index is 0.00519. The van der Waals surface area contributed by atoms with Crippen molar-refractivity contribution >= 4 is 15.9 Å². The molecule has 1 atom stereocenters. The lowest BCUT2D eigenvalue weighted by molar-refractivity contribution is 0.570. The zero-order chi connectivity index (χ0) is 14.2. The molecule has 0 aliphatic rings. The second-order valence-corrected chi connectivity index (χ2v) is 5.12. The van der Waals surface area contributed by atoms with Gasteiger partial charge in [-0.25, -0.2) is 13.2 Å². The van der Waals surface area contributed by atoms with Crippen molar-refractivity contribution in [1.82, 2.24) is 0 Å². The van der Waals surface area contributed by atoms with Crippen molar-refractivity contribution in [2.75, 3.05) is 0 Å². The Morgan fingerprint density at radius 1 is 1.00 bits per heavy atom. The van der Waals surface area contributed by atoms with Crippen LogP contribution in [0, 0.1) is 24.4 Å². The molecule has 0 amide bonds. The third-order valence-corrected chi connectivity index (χ3v) is 3.56. The summed E-state index contributed by atoms with van der Waals surface area (Å²) in [7, 11) is 0. The van der Waals surface area contributed by atoms with Gasteiger partial charge in [-0.3, -0.25) is 0 Å². The van der Waals surface area contributed by atoms with Crippen molar-refractivity contribution in [3.05, 3.63) is 68.9 Å². The van der Waals surface area contributed by atoms with Crippen molar-refractivity contribution in [2.45, 2.75) is 13.0 Å². The van der Waals surface area contributed by atoms with E-state index in [1.165, 1.54) is 12.1 Å². The smallest absolute Gasteiger partial charge is 0.137 e. The highest BCUT2D eigenvalue weighted by molar-refractivity contribution is 9.10. The molecule has 100 valence electrons. The molecule has 0 saturated heterocycles. The van der Waals surface area contributed by atoms with E-state index in [0.717, 1.165) is 17.7 Å². The van der Waals surface area contributed by atoms with Crippen molar-refractivity contribution in [3.63, 3.8) is 0 Å². The van der Waals surface area contributed by atoms with E-state index < -0.39 is 23.5 Å². The van der Waals surface area contributed by atoms with Crippen LogP contribution in [0.3, 0.4) is 0 Å². The summed E-state index contributed by atoms with van der Waals surface area (Å²) in [4.78, 5) is 0. The van der Waals surface area contributed by atoms with Gasteiger partial charge in [0.05, 0.1) is 10.5 Å². The van der Waals surface area contributed by atoms with E-state index in [9.17, 15) is 13.2 Å². The summed E-state index contributed by atoms with van der Waals surface area (Å²) >= 11 is 2.90. The molecule has 0 fully saturated rings. The number of aryl methyl sites for hydroxylation is 1. The molecule has 1 nitrogen and oxygen atoms in total. The molecule has 0 radical (unpaired) electrons. The van der Waals surface area contributed by atoms with Gasteiger partial charge in [-0.05, 0) is 58.2 Å². The monoisotopic (exact) mass is 329 g/mol. The maximum absolute atomic E-state index is 13.8. The van der Waals surface area contributed by atoms with Crippen LogP contribution in [0.4, 0.5) is 13.2 Å². The molecule has 0 spiro atoms. The van der Waals surface area contributed by atoms with Crippen molar-refractivity contribution in [2.24, 2.45) is 5.73 Å². The maximum Gasteiger partial charge on any atom is 0.137 e. The van der Waals surface area contributed by atoms with Crippen LogP contribution in [-0.4, -0.2) is 0 Å². The summed E-state index contributed by atoms with van der Waals surface area (Å²) in [5.41, 5.74) is 7.06. The molecule has 5 heteroatoms. The predicted molar refractivity (Wildman–Crippen MR) is 71.2 cm³/mol. The van der Waals surface area contributed by atoms with E-state index in [1.54, 1.807) is 13.0 Å². The second-order valence-electron chi connectivity index (χ2n) is 4.27. The molecule has 1 unspecified atom stereocenters. The van der Waals surface area contributed by atoms with E-state index in [1.807, 2.05) is 0 Å². The Hall–Kier alpha value is -1.33. The molecule has 2 N–H and O–H groups in total. The van der Waals surface area contributed by atoms with Gasteiger partial charge >= 0.3 is 0 Å². The molecule has 0 saturated carbocycles. The van der Waals surface area contributed by atoms with Crippen LogP contribution in [0.15, 0.2) is 34.8 Å². The first-order valence-electron chi connectivity index (χ1n) is 5.56. The predicted octanol–water partition coefficient (Wildman–Crippen LogP) is 4.22. The van der Waals surface area contributed by atoms with Crippen molar-refractivity contribution < 1.29 is 13.2 Å². The largest absolute Gasteiger partial charge is 0.320 e. The van der Waals surface area contributed by atoms with Crippen LogP contribution >= 0.6 is 15.9 Å². The van der Waals surface area contributed by atoms with E-state index in [-0.39, 0.29) is 10.0 Å². The lowest BCUT2D eigenvalue weighted by Crippen LogP contribution is -2.15. The molecular weight excluding hydrogens is 319 g/mol. The summed E-state index contributed by atoms with van der Waals surface area (Å²) in [6.07, 6.45) is 0. The Balaban J connectivity index is 2.52. The summed E-state index contributed by atoms with van der Waals surface area (Å²) in [5.74, 6) is -1.71. The minimum atomic E-state index is -0.918. The highest BCUT2D eigenvalue weighted by Crippen LogP contribution is 2.28. The van der Waals surface area contributed by atoms with Gasteiger partial charge in [0.15, 0.2) is 0 Å². The van der Waals surface area contributed by atoms with Crippen molar-refractivity contribution in [3.8, 4) is 0 Å². The number of hydrogen-bond acceptors (Lipinski definition) is 1. The molecule has 2 aromatic rings. The third-order valence-electron chi connectivity index (χ3n) is 2.95. The first kappa shape index (κ1) is 14.1. The molecule has 2 aromatic carbocycles. The standard InChI is InChI=1S/C14H11BrF3N/c1-7-2-3-8(16)4-9(7)14(19)10-5-13(18)11(15)6-12(10)17/h2-6,14H,19H2,1H3. The van der Waals surface area contributed by atoms with Crippen LogP contribution in [-0.2, 0) is 0 Å². The van der Waals surface area contributed by atoms with Gasteiger partial charge in [-0.15, -0.1) is 0 Å². The van der Waals surface area contributed by atoms with Crippen LogP contribution in [0.1, 0.15) is 22.7 Å². The fourth-order valence-corrected chi connectivity index (χ4v) is 2.21.